The normalized spacial score (nSPS) is 9.71. The van der Waals surface area contributed by atoms with Gasteiger partial charge < -0.3 is 17.0 Å². The molecule has 3 heteroatoms. The van der Waals surface area contributed by atoms with Crippen LogP contribution in [0, 0.1) is 0 Å². The Morgan fingerprint density at radius 2 is 1.65 bits per heavy atom. The second kappa shape index (κ2) is 7.51. The van der Waals surface area contributed by atoms with Crippen molar-refractivity contribution in [1.82, 2.24) is 0 Å². The molecule has 0 bridgehead atoms. The fourth-order valence-electron chi connectivity index (χ4n) is 1.50. The summed E-state index contributed by atoms with van der Waals surface area (Å²) in [6.45, 7) is 0. The van der Waals surface area contributed by atoms with Crippen molar-refractivity contribution in [2.45, 2.75) is 11.3 Å². The maximum atomic E-state index is 2.19. The molecule has 2 aromatic rings. The van der Waals surface area contributed by atoms with Crippen molar-refractivity contribution in [2.75, 3.05) is 5.75 Å². The largest absolute Gasteiger partial charge is 1.00 e. The van der Waals surface area contributed by atoms with Crippen LogP contribution in [-0.4, -0.2) is 5.75 Å². The van der Waals surface area contributed by atoms with E-state index in [4.69, 9.17) is 0 Å². The van der Waals surface area contributed by atoms with Crippen molar-refractivity contribution < 1.29 is 21.5 Å². The molecular weight excluding hydrogens is 294 g/mol. The molecular formula is C14H16BrNS. The summed E-state index contributed by atoms with van der Waals surface area (Å²) >= 11 is 1.91. The molecule has 0 aliphatic rings. The monoisotopic (exact) mass is 309 g/mol. The van der Waals surface area contributed by atoms with Gasteiger partial charge in [-0.1, -0.05) is 18.2 Å². The lowest BCUT2D eigenvalue weighted by atomic mass is 10.2. The molecule has 17 heavy (non-hydrogen) atoms. The third kappa shape index (κ3) is 4.92. The van der Waals surface area contributed by atoms with E-state index in [0.717, 1.165) is 12.2 Å². The number of aryl methyl sites for hydroxylation is 2. The minimum absolute atomic E-state index is 0. The van der Waals surface area contributed by atoms with Gasteiger partial charge >= 0.3 is 0 Å². The Hall–Kier alpha value is -0.800. The van der Waals surface area contributed by atoms with Crippen LogP contribution in [0.4, 0.5) is 0 Å². The first-order valence-corrected chi connectivity index (χ1v) is 6.45. The van der Waals surface area contributed by atoms with Crippen molar-refractivity contribution >= 4 is 11.8 Å². The van der Waals surface area contributed by atoms with Gasteiger partial charge in [0.2, 0.25) is 0 Å². The Balaban J connectivity index is 0.00000144. The molecule has 0 amide bonds. The fourth-order valence-corrected chi connectivity index (χ4v) is 2.43. The first kappa shape index (κ1) is 14.3. The van der Waals surface area contributed by atoms with Gasteiger partial charge in [0.25, 0.3) is 0 Å². The van der Waals surface area contributed by atoms with Crippen molar-refractivity contribution in [1.29, 1.82) is 0 Å². The summed E-state index contributed by atoms with van der Waals surface area (Å²) in [5.41, 5.74) is 1.40. The maximum Gasteiger partial charge on any atom is 0.168 e. The van der Waals surface area contributed by atoms with Crippen LogP contribution in [0.1, 0.15) is 5.56 Å². The van der Waals surface area contributed by atoms with Gasteiger partial charge in [-0.25, -0.2) is 4.57 Å². The van der Waals surface area contributed by atoms with E-state index in [1.54, 1.807) is 0 Å². The number of aromatic nitrogens is 1. The number of pyridine rings is 1. The van der Waals surface area contributed by atoms with Crippen molar-refractivity contribution in [3.05, 3.63) is 60.4 Å². The Labute approximate surface area is 118 Å². The molecule has 0 atom stereocenters. The molecule has 0 fully saturated rings. The molecule has 1 heterocycles. The smallest absolute Gasteiger partial charge is 0.168 e. The lowest BCUT2D eigenvalue weighted by molar-refractivity contribution is -0.671. The zero-order valence-electron chi connectivity index (χ0n) is 9.84. The molecule has 0 saturated carbocycles. The first-order chi connectivity index (χ1) is 7.84. The molecule has 0 aliphatic carbocycles. The SMILES string of the molecule is C[n+]1ccc(CCSc2ccccc2)cc1.[Br-]. The van der Waals surface area contributed by atoms with Gasteiger partial charge in [0.15, 0.2) is 12.4 Å². The molecule has 0 radical (unpaired) electrons. The van der Waals surface area contributed by atoms with Crippen LogP contribution in [0.2, 0.25) is 0 Å². The van der Waals surface area contributed by atoms with E-state index in [9.17, 15) is 0 Å². The van der Waals surface area contributed by atoms with Gasteiger partial charge in [-0.3, -0.25) is 0 Å². The second-order valence-electron chi connectivity index (χ2n) is 3.78. The van der Waals surface area contributed by atoms with Crippen LogP contribution in [0.3, 0.4) is 0 Å². The molecule has 2 rings (SSSR count). The van der Waals surface area contributed by atoms with Crippen molar-refractivity contribution in [3.8, 4) is 0 Å². The average Bonchev–Trinajstić information content (AvgIpc) is 2.33. The third-order valence-corrected chi connectivity index (χ3v) is 3.46. The summed E-state index contributed by atoms with van der Waals surface area (Å²) in [7, 11) is 2.04. The molecule has 90 valence electrons. The summed E-state index contributed by atoms with van der Waals surface area (Å²) in [6.07, 6.45) is 5.32. The number of rotatable bonds is 4. The Morgan fingerprint density at radius 3 is 2.29 bits per heavy atom. The zero-order chi connectivity index (χ0) is 11.2. The van der Waals surface area contributed by atoms with Crippen LogP contribution in [0.25, 0.3) is 0 Å². The maximum absolute atomic E-state index is 2.19. The summed E-state index contributed by atoms with van der Waals surface area (Å²) in [6, 6.07) is 14.9. The highest BCUT2D eigenvalue weighted by atomic mass is 79.9. The highest BCUT2D eigenvalue weighted by Crippen LogP contribution is 2.17. The lowest BCUT2D eigenvalue weighted by Gasteiger charge is -2.01. The lowest BCUT2D eigenvalue weighted by Crippen LogP contribution is -3.00. The van der Waals surface area contributed by atoms with E-state index in [0.29, 0.717) is 0 Å². The molecule has 1 nitrogen and oxygen atoms in total. The average molecular weight is 310 g/mol. The topological polar surface area (TPSA) is 3.88 Å². The number of hydrogen-bond donors (Lipinski definition) is 0. The molecule has 1 aromatic carbocycles. The van der Waals surface area contributed by atoms with Gasteiger partial charge in [-0.2, -0.15) is 0 Å². The summed E-state index contributed by atoms with van der Waals surface area (Å²) in [5, 5.41) is 0. The molecule has 0 spiro atoms. The predicted molar refractivity (Wildman–Crippen MR) is 68.5 cm³/mol. The van der Waals surface area contributed by atoms with Crippen LogP contribution in [-0.2, 0) is 13.5 Å². The van der Waals surface area contributed by atoms with E-state index in [2.05, 4.69) is 59.4 Å². The van der Waals surface area contributed by atoms with Gasteiger partial charge in [0, 0.05) is 22.8 Å². The van der Waals surface area contributed by atoms with Crippen LogP contribution in [0.5, 0.6) is 0 Å². The molecule has 0 unspecified atom stereocenters. The Kier molecular flexibility index (Phi) is 6.30. The summed E-state index contributed by atoms with van der Waals surface area (Å²) in [4.78, 5) is 1.35. The quantitative estimate of drug-likeness (QED) is 0.561. The number of hydrogen-bond acceptors (Lipinski definition) is 1. The highest BCUT2D eigenvalue weighted by molar-refractivity contribution is 7.99. The Morgan fingerprint density at radius 1 is 1.00 bits per heavy atom. The number of thioether (sulfide) groups is 1. The molecule has 0 saturated heterocycles. The number of benzene rings is 1. The van der Waals surface area contributed by atoms with Crippen LogP contribution < -0.4 is 21.5 Å². The van der Waals surface area contributed by atoms with Crippen LogP contribution >= 0.6 is 11.8 Å². The van der Waals surface area contributed by atoms with Crippen LogP contribution in [0.15, 0.2) is 59.8 Å². The van der Waals surface area contributed by atoms with E-state index < -0.39 is 0 Å². The zero-order valence-corrected chi connectivity index (χ0v) is 12.2. The number of halogens is 1. The Bertz CT molecular complexity index is 428. The third-order valence-electron chi connectivity index (χ3n) is 2.45. The standard InChI is InChI=1S/C14H16NS.BrH/c1-15-10-7-13(8-11-15)9-12-16-14-5-3-2-4-6-14;/h2-8,10-11H,9,12H2,1H3;1H/q+1;/p-1. The molecule has 0 N–H and O–H groups in total. The van der Waals surface area contributed by atoms with Crippen molar-refractivity contribution in [2.24, 2.45) is 7.05 Å². The van der Waals surface area contributed by atoms with Gasteiger partial charge in [0.1, 0.15) is 7.05 Å². The highest BCUT2D eigenvalue weighted by Gasteiger charge is 1.97. The van der Waals surface area contributed by atoms with Crippen molar-refractivity contribution in [3.63, 3.8) is 0 Å². The van der Waals surface area contributed by atoms with E-state index in [1.165, 1.54) is 10.5 Å². The minimum atomic E-state index is 0. The second-order valence-corrected chi connectivity index (χ2v) is 4.95. The minimum Gasteiger partial charge on any atom is -1.00 e. The number of nitrogens with zero attached hydrogens (tertiary/aromatic N) is 1. The van der Waals surface area contributed by atoms with E-state index >= 15 is 0 Å². The summed E-state index contributed by atoms with van der Waals surface area (Å²) in [5.74, 6) is 1.14. The first-order valence-electron chi connectivity index (χ1n) is 5.46. The van der Waals surface area contributed by atoms with E-state index in [1.807, 2.05) is 18.8 Å². The van der Waals surface area contributed by atoms with Gasteiger partial charge in [0.05, 0.1) is 0 Å². The summed E-state index contributed by atoms with van der Waals surface area (Å²) < 4.78 is 2.06. The molecule has 0 aliphatic heterocycles. The fraction of sp³-hybridized carbons (Fsp3) is 0.214. The van der Waals surface area contributed by atoms with E-state index in [-0.39, 0.29) is 17.0 Å². The predicted octanol–water partition coefficient (Wildman–Crippen LogP) is -0.150. The van der Waals surface area contributed by atoms with Gasteiger partial charge in [-0.05, 0) is 24.1 Å². The molecule has 1 aromatic heterocycles. The van der Waals surface area contributed by atoms with Gasteiger partial charge in [-0.15, -0.1) is 11.8 Å².